The summed E-state index contributed by atoms with van der Waals surface area (Å²) >= 11 is 0. The third-order valence-electron chi connectivity index (χ3n) is 2.83. The van der Waals surface area contributed by atoms with E-state index in [0.717, 1.165) is 23.9 Å². The molecule has 3 heteroatoms. The van der Waals surface area contributed by atoms with Crippen LogP contribution in [-0.4, -0.2) is 0 Å². The van der Waals surface area contributed by atoms with Gasteiger partial charge in [-0.05, 0) is 37.8 Å². The predicted molar refractivity (Wildman–Crippen MR) is 59.7 cm³/mol. The van der Waals surface area contributed by atoms with E-state index in [0.29, 0.717) is 0 Å². The van der Waals surface area contributed by atoms with Crippen LogP contribution in [0.3, 0.4) is 0 Å². The van der Waals surface area contributed by atoms with E-state index in [-0.39, 0.29) is 18.4 Å². The summed E-state index contributed by atoms with van der Waals surface area (Å²) in [5.74, 6) is 2.82. The molecule has 0 amide bonds. The van der Waals surface area contributed by atoms with Crippen LogP contribution in [0.15, 0.2) is 10.5 Å². The summed E-state index contributed by atoms with van der Waals surface area (Å²) in [7, 11) is 0. The molecule has 1 aromatic rings. The SMILES string of the molecule is Cc1cc([C@H](N)CC2CC2)oc1C.Cl. The highest BCUT2D eigenvalue weighted by Crippen LogP contribution is 2.37. The highest BCUT2D eigenvalue weighted by molar-refractivity contribution is 5.85. The molecule has 0 spiro atoms. The standard InChI is InChI=1S/C11H17NO.ClH/c1-7-5-11(13-8(7)2)10(12)6-9-3-4-9;/h5,9-10H,3-4,6,12H2,1-2H3;1H/t10-;/m1./s1. The maximum absolute atomic E-state index is 6.02. The number of nitrogens with two attached hydrogens (primary N) is 1. The van der Waals surface area contributed by atoms with E-state index in [1.165, 1.54) is 18.4 Å². The molecule has 2 nitrogen and oxygen atoms in total. The third-order valence-corrected chi connectivity index (χ3v) is 2.83. The minimum absolute atomic E-state index is 0. The summed E-state index contributed by atoms with van der Waals surface area (Å²) in [6, 6.07) is 2.18. The first-order chi connectivity index (χ1) is 6.16. The number of furan rings is 1. The van der Waals surface area contributed by atoms with E-state index in [2.05, 4.69) is 13.0 Å². The second-order valence-electron chi connectivity index (χ2n) is 4.17. The van der Waals surface area contributed by atoms with Crippen molar-refractivity contribution >= 4 is 12.4 Å². The van der Waals surface area contributed by atoms with E-state index in [4.69, 9.17) is 10.2 Å². The Morgan fingerprint density at radius 1 is 1.50 bits per heavy atom. The second-order valence-corrected chi connectivity index (χ2v) is 4.17. The van der Waals surface area contributed by atoms with E-state index in [1.807, 2.05) is 6.92 Å². The van der Waals surface area contributed by atoms with Crippen molar-refractivity contribution in [3.8, 4) is 0 Å². The fourth-order valence-electron chi connectivity index (χ4n) is 1.61. The van der Waals surface area contributed by atoms with Crippen LogP contribution in [0.5, 0.6) is 0 Å². The molecule has 1 saturated carbocycles. The number of hydrogen-bond acceptors (Lipinski definition) is 2. The zero-order valence-electron chi connectivity index (χ0n) is 8.75. The summed E-state index contributed by atoms with van der Waals surface area (Å²) in [6.07, 6.45) is 3.80. The Morgan fingerprint density at radius 3 is 2.57 bits per heavy atom. The molecule has 1 aliphatic rings. The summed E-state index contributed by atoms with van der Waals surface area (Å²) in [5.41, 5.74) is 7.23. The lowest BCUT2D eigenvalue weighted by molar-refractivity contribution is 0.424. The van der Waals surface area contributed by atoms with E-state index in [1.54, 1.807) is 0 Å². The van der Waals surface area contributed by atoms with E-state index in [9.17, 15) is 0 Å². The molecule has 0 aliphatic heterocycles. The molecule has 1 atom stereocenters. The maximum atomic E-state index is 6.02. The van der Waals surface area contributed by atoms with Crippen LogP contribution in [0.2, 0.25) is 0 Å². The molecule has 0 bridgehead atoms. The molecule has 1 aromatic heterocycles. The topological polar surface area (TPSA) is 39.2 Å². The molecule has 1 heterocycles. The van der Waals surface area contributed by atoms with Crippen molar-refractivity contribution in [2.24, 2.45) is 11.7 Å². The minimum atomic E-state index is 0. The van der Waals surface area contributed by atoms with Crippen molar-refractivity contribution in [2.75, 3.05) is 0 Å². The molecule has 2 rings (SSSR count). The van der Waals surface area contributed by atoms with Crippen molar-refractivity contribution < 1.29 is 4.42 Å². The number of hydrogen-bond donors (Lipinski definition) is 1. The van der Waals surface area contributed by atoms with Gasteiger partial charge >= 0.3 is 0 Å². The first kappa shape index (κ1) is 11.6. The summed E-state index contributed by atoms with van der Waals surface area (Å²) < 4.78 is 5.58. The van der Waals surface area contributed by atoms with Crippen molar-refractivity contribution in [3.63, 3.8) is 0 Å². The van der Waals surface area contributed by atoms with Crippen LogP contribution in [0, 0.1) is 19.8 Å². The van der Waals surface area contributed by atoms with Gasteiger partial charge in [0.1, 0.15) is 11.5 Å². The molecule has 1 fully saturated rings. The van der Waals surface area contributed by atoms with Gasteiger partial charge < -0.3 is 10.2 Å². The van der Waals surface area contributed by atoms with Gasteiger partial charge in [0.2, 0.25) is 0 Å². The first-order valence-corrected chi connectivity index (χ1v) is 4.99. The molecule has 0 aromatic carbocycles. The second kappa shape index (κ2) is 4.37. The van der Waals surface area contributed by atoms with Crippen molar-refractivity contribution in [1.82, 2.24) is 0 Å². The van der Waals surface area contributed by atoms with Gasteiger partial charge in [-0.25, -0.2) is 0 Å². The number of rotatable bonds is 3. The van der Waals surface area contributed by atoms with Gasteiger partial charge in [0.05, 0.1) is 6.04 Å². The Hall–Kier alpha value is -0.470. The van der Waals surface area contributed by atoms with Gasteiger partial charge in [-0.15, -0.1) is 12.4 Å². The van der Waals surface area contributed by atoms with Crippen LogP contribution in [0.4, 0.5) is 0 Å². The Balaban J connectivity index is 0.000000980. The molecule has 0 radical (unpaired) electrons. The van der Waals surface area contributed by atoms with E-state index >= 15 is 0 Å². The minimum Gasteiger partial charge on any atom is -0.464 e. The Labute approximate surface area is 91.3 Å². The van der Waals surface area contributed by atoms with Crippen LogP contribution in [0.25, 0.3) is 0 Å². The first-order valence-electron chi connectivity index (χ1n) is 4.99. The zero-order chi connectivity index (χ0) is 9.42. The van der Waals surface area contributed by atoms with Crippen molar-refractivity contribution in [2.45, 2.75) is 39.2 Å². The van der Waals surface area contributed by atoms with Gasteiger partial charge in [-0.2, -0.15) is 0 Å². The Kier molecular flexibility index (Phi) is 3.62. The average Bonchev–Trinajstić information content (AvgIpc) is 2.81. The van der Waals surface area contributed by atoms with Crippen molar-refractivity contribution in [1.29, 1.82) is 0 Å². The molecule has 0 unspecified atom stereocenters. The lowest BCUT2D eigenvalue weighted by Gasteiger charge is -2.06. The normalized spacial score (nSPS) is 17.6. The molecule has 80 valence electrons. The zero-order valence-corrected chi connectivity index (χ0v) is 9.56. The highest BCUT2D eigenvalue weighted by atomic mass is 35.5. The van der Waals surface area contributed by atoms with Crippen LogP contribution in [-0.2, 0) is 0 Å². The number of halogens is 1. The summed E-state index contributed by atoms with van der Waals surface area (Å²) in [6.45, 7) is 4.05. The van der Waals surface area contributed by atoms with Crippen LogP contribution >= 0.6 is 12.4 Å². The molecule has 1 aliphatic carbocycles. The lowest BCUT2D eigenvalue weighted by Crippen LogP contribution is -2.09. The van der Waals surface area contributed by atoms with Crippen LogP contribution < -0.4 is 5.73 Å². The van der Waals surface area contributed by atoms with Gasteiger partial charge in [0.15, 0.2) is 0 Å². The fraction of sp³-hybridized carbons (Fsp3) is 0.636. The molecule has 14 heavy (non-hydrogen) atoms. The molecule has 2 N–H and O–H groups in total. The average molecular weight is 216 g/mol. The van der Waals surface area contributed by atoms with Crippen molar-refractivity contribution in [3.05, 3.63) is 23.2 Å². The third kappa shape index (κ3) is 2.52. The fourth-order valence-corrected chi connectivity index (χ4v) is 1.61. The Morgan fingerprint density at radius 2 is 2.14 bits per heavy atom. The monoisotopic (exact) mass is 215 g/mol. The Bertz CT molecular complexity index is 285. The predicted octanol–water partition coefficient (Wildman–Crippen LogP) is 3.12. The summed E-state index contributed by atoms with van der Waals surface area (Å²) in [4.78, 5) is 0. The lowest BCUT2D eigenvalue weighted by atomic mass is 10.1. The highest BCUT2D eigenvalue weighted by Gasteiger charge is 2.25. The van der Waals surface area contributed by atoms with Gasteiger partial charge in [0.25, 0.3) is 0 Å². The van der Waals surface area contributed by atoms with Gasteiger partial charge in [0, 0.05) is 0 Å². The van der Waals surface area contributed by atoms with Crippen LogP contribution in [0.1, 0.15) is 42.4 Å². The molecular weight excluding hydrogens is 198 g/mol. The largest absolute Gasteiger partial charge is 0.464 e. The quantitative estimate of drug-likeness (QED) is 0.842. The van der Waals surface area contributed by atoms with Gasteiger partial charge in [-0.1, -0.05) is 12.8 Å². The van der Waals surface area contributed by atoms with Gasteiger partial charge in [-0.3, -0.25) is 0 Å². The smallest absolute Gasteiger partial charge is 0.121 e. The van der Waals surface area contributed by atoms with E-state index < -0.39 is 0 Å². The number of aryl methyl sites for hydroxylation is 2. The summed E-state index contributed by atoms with van der Waals surface area (Å²) in [5, 5.41) is 0. The maximum Gasteiger partial charge on any atom is 0.121 e. The molecular formula is C11H18ClNO. The molecule has 0 saturated heterocycles.